The summed E-state index contributed by atoms with van der Waals surface area (Å²) >= 11 is 0. The van der Waals surface area contributed by atoms with Crippen LogP contribution in [0.3, 0.4) is 0 Å². The van der Waals surface area contributed by atoms with Crippen molar-refractivity contribution in [3.63, 3.8) is 0 Å². The highest BCUT2D eigenvalue weighted by Crippen LogP contribution is 2.54. The first kappa shape index (κ1) is 74.4. The van der Waals surface area contributed by atoms with Crippen LogP contribution in [0.25, 0.3) is 177 Å². The van der Waals surface area contributed by atoms with E-state index in [1.54, 1.807) is 0 Å². The van der Waals surface area contributed by atoms with Gasteiger partial charge < -0.3 is 19.3 Å². The molecule has 0 fully saturated rings. The third kappa shape index (κ3) is 13.9. The van der Waals surface area contributed by atoms with Crippen LogP contribution in [0.15, 0.2) is 485 Å². The summed E-state index contributed by atoms with van der Waals surface area (Å²) in [4.78, 5) is 4.90. The molecule has 2 aliphatic heterocycles. The molecule has 0 N–H and O–H groups in total. The predicted molar refractivity (Wildman–Crippen MR) is 527 cm³/mol. The van der Waals surface area contributed by atoms with Crippen molar-refractivity contribution >= 4 is 55.7 Å². The number of para-hydroxylation sites is 3. The lowest BCUT2D eigenvalue weighted by molar-refractivity contribution is 0.487. The predicted octanol–water partition coefficient (Wildman–Crippen LogP) is 34.5. The summed E-state index contributed by atoms with van der Waals surface area (Å²) in [5.41, 5.74) is 38.1. The molecule has 21 aromatic carbocycles. The van der Waals surface area contributed by atoms with E-state index < -0.39 is 0 Å². The molecule has 0 radical (unpaired) electrons. The van der Waals surface area contributed by atoms with Gasteiger partial charge in [0, 0.05) is 55.8 Å². The maximum absolute atomic E-state index is 6.56. The van der Waals surface area contributed by atoms with Crippen molar-refractivity contribution in [2.24, 2.45) is 0 Å². The van der Waals surface area contributed by atoms with Crippen molar-refractivity contribution in [1.29, 1.82) is 0 Å². The maximum atomic E-state index is 6.56. The van der Waals surface area contributed by atoms with Gasteiger partial charge in [-0.25, -0.2) is 0 Å². The van der Waals surface area contributed by atoms with Crippen LogP contribution in [-0.2, 0) is 0 Å². The monoisotopic (exact) mass is 1600 g/mol. The molecule has 0 saturated heterocycles. The van der Waals surface area contributed by atoms with Gasteiger partial charge in [-0.05, 0) is 253 Å². The Bertz CT molecular complexity index is 7700. The van der Waals surface area contributed by atoms with Crippen molar-refractivity contribution in [2.75, 3.05) is 9.80 Å². The second-order valence-corrected chi connectivity index (χ2v) is 32.6. The van der Waals surface area contributed by atoms with Crippen molar-refractivity contribution in [3.05, 3.63) is 485 Å². The molecule has 2 heterocycles. The second kappa shape index (κ2) is 32.1. The fourth-order valence-electron chi connectivity index (χ4n) is 18.9. The van der Waals surface area contributed by atoms with E-state index in [0.29, 0.717) is 0 Å². The number of benzene rings is 21. The number of rotatable bonds is 18. The van der Waals surface area contributed by atoms with Crippen LogP contribution in [-0.4, -0.2) is 0 Å². The standard InChI is InChI=1S/C122H80N2O2/c1-4-24-81(25-5-1)83-48-50-87(51-49-83)90-66-71-102(72-67-90)124(104-35-21-31-95(77-104)100-75-98-33-23-47-120-122(98)114(79-100)112-42-16-19-45-118(112)126-120)116-80-96(68-73-110(116)109-40-13-12-39-108(109)107-38-11-10-36-105(107)92-28-8-3-9-29-92)91-58-56-86(57-59-91)85-52-54-88(55-53-85)89-64-69-101(70-65-89)123(115-43-17-14-37-106(115)93-62-60-84(61-63-93)82-26-6-2-7-27-82)103-34-20-30-94(76-103)99-74-97-32-22-46-119-121(97)113(78-99)111-41-15-18-44-117(111)125-119/h1-80H. The van der Waals surface area contributed by atoms with Gasteiger partial charge in [-0.2, -0.15) is 0 Å². The van der Waals surface area contributed by atoms with E-state index in [0.717, 1.165) is 201 Å². The third-order valence-corrected chi connectivity index (χ3v) is 25.1. The minimum absolute atomic E-state index is 0.861. The van der Waals surface area contributed by atoms with E-state index in [1.165, 1.54) is 33.4 Å². The molecule has 4 heteroatoms. The molecule has 0 atom stereocenters. The fourth-order valence-corrected chi connectivity index (χ4v) is 18.9. The number of ether oxygens (including phenoxy) is 2. The summed E-state index contributed by atoms with van der Waals surface area (Å²) in [5, 5.41) is 4.53. The molecule has 2 aliphatic rings. The zero-order valence-electron chi connectivity index (χ0n) is 68.9. The first-order valence-corrected chi connectivity index (χ1v) is 43.1. The van der Waals surface area contributed by atoms with Crippen molar-refractivity contribution < 1.29 is 9.47 Å². The molecule has 0 amide bonds. The second-order valence-electron chi connectivity index (χ2n) is 32.6. The van der Waals surface area contributed by atoms with Crippen LogP contribution in [0.4, 0.5) is 34.1 Å². The Morgan fingerprint density at radius 2 is 0.413 bits per heavy atom. The molecule has 590 valence electrons. The van der Waals surface area contributed by atoms with E-state index in [1.807, 2.05) is 6.07 Å². The Kier molecular flexibility index (Phi) is 18.9. The summed E-state index contributed by atoms with van der Waals surface area (Å²) in [7, 11) is 0. The minimum Gasteiger partial charge on any atom is -0.456 e. The summed E-state index contributed by atoms with van der Waals surface area (Å²) in [6.07, 6.45) is 0. The Morgan fingerprint density at radius 1 is 0.127 bits per heavy atom. The highest BCUT2D eigenvalue weighted by Gasteiger charge is 2.28. The number of nitrogens with zero attached hydrogens (tertiary/aromatic N) is 2. The molecule has 4 nitrogen and oxygen atoms in total. The Balaban J connectivity index is 0.609. The number of anilines is 6. The smallest absolute Gasteiger partial charge is 0.135 e. The van der Waals surface area contributed by atoms with E-state index in [2.05, 4.69) is 489 Å². The lowest BCUT2D eigenvalue weighted by Crippen LogP contribution is -2.12. The molecule has 0 spiro atoms. The van der Waals surface area contributed by atoms with Crippen molar-refractivity contribution in [3.8, 4) is 179 Å². The zero-order chi connectivity index (χ0) is 83.4. The summed E-state index contributed by atoms with van der Waals surface area (Å²) in [6, 6.07) is 177. The number of hydrogen-bond donors (Lipinski definition) is 0. The first-order chi connectivity index (χ1) is 62.4. The zero-order valence-corrected chi connectivity index (χ0v) is 68.9. The maximum Gasteiger partial charge on any atom is 0.135 e. The van der Waals surface area contributed by atoms with Gasteiger partial charge >= 0.3 is 0 Å². The van der Waals surface area contributed by atoms with Crippen LogP contribution >= 0.6 is 0 Å². The van der Waals surface area contributed by atoms with Gasteiger partial charge in [-0.1, -0.05) is 376 Å². The van der Waals surface area contributed by atoms with Gasteiger partial charge in [0.15, 0.2) is 0 Å². The molecular weight excluding hydrogens is 1530 g/mol. The molecule has 0 aliphatic carbocycles. The highest BCUT2D eigenvalue weighted by molar-refractivity contribution is 6.09. The Hall–Kier alpha value is -16.7. The SMILES string of the molecule is c1ccc(-c2ccc(-c3ccc(N(c4cccc(-c5cc6c7c(cccc7c5)Oc5ccccc5-6)c4)c4cc(-c5ccc(-c6ccc(-c7ccc(N(c8cccc(-c9cc%10c%11c(cccc%11c9)Oc9ccccc9-%10)c8)c8ccccc8-c8ccc(-c9ccccc9)cc8)cc7)cc6)cc5)ccc4-c4ccccc4-c4ccccc4-c4ccccc4)cc3)cc2)cc1. The largest absolute Gasteiger partial charge is 0.456 e. The Labute approximate surface area is 734 Å². The quantitative estimate of drug-likeness (QED) is 0.0855. The van der Waals surface area contributed by atoms with Gasteiger partial charge in [0.05, 0.1) is 11.4 Å². The van der Waals surface area contributed by atoms with Crippen LogP contribution in [0.1, 0.15) is 0 Å². The van der Waals surface area contributed by atoms with Crippen LogP contribution in [0, 0.1) is 0 Å². The van der Waals surface area contributed by atoms with Crippen molar-refractivity contribution in [1.82, 2.24) is 0 Å². The highest BCUT2D eigenvalue weighted by atomic mass is 16.5. The van der Waals surface area contributed by atoms with E-state index in [-0.39, 0.29) is 0 Å². The van der Waals surface area contributed by atoms with Crippen LogP contribution < -0.4 is 19.3 Å². The van der Waals surface area contributed by atoms with Crippen LogP contribution in [0.5, 0.6) is 23.0 Å². The number of fused-ring (bicyclic) bond motifs is 4. The lowest BCUT2D eigenvalue weighted by atomic mass is 9.87. The molecule has 126 heavy (non-hydrogen) atoms. The topological polar surface area (TPSA) is 24.9 Å². The molecule has 0 aromatic heterocycles. The van der Waals surface area contributed by atoms with E-state index >= 15 is 0 Å². The normalized spacial score (nSPS) is 11.6. The number of hydrogen-bond acceptors (Lipinski definition) is 4. The molecule has 0 saturated carbocycles. The average molecular weight is 1610 g/mol. The Morgan fingerprint density at radius 3 is 0.857 bits per heavy atom. The average Bonchev–Trinajstić information content (AvgIpc) is 0.742. The van der Waals surface area contributed by atoms with Gasteiger partial charge in [0.25, 0.3) is 0 Å². The van der Waals surface area contributed by atoms with Gasteiger partial charge in [0.2, 0.25) is 0 Å². The molecule has 21 aromatic rings. The first-order valence-electron chi connectivity index (χ1n) is 43.1. The van der Waals surface area contributed by atoms with Gasteiger partial charge in [0.1, 0.15) is 23.0 Å². The molecular formula is C122H80N2O2. The summed E-state index contributed by atoms with van der Waals surface area (Å²) in [5.74, 6) is 3.49. The van der Waals surface area contributed by atoms with Crippen molar-refractivity contribution in [2.45, 2.75) is 0 Å². The van der Waals surface area contributed by atoms with E-state index in [9.17, 15) is 0 Å². The van der Waals surface area contributed by atoms with Gasteiger partial charge in [-0.15, -0.1) is 0 Å². The molecule has 0 bridgehead atoms. The third-order valence-electron chi connectivity index (χ3n) is 25.1. The summed E-state index contributed by atoms with van der Waals surface area (Å²) < 4.78 is 13.1. The molecule has 23 rings (SSSR count). The summed E-state index contributed by atoms with van der Waals surface area (Å²) in [6.45, 7) is 0. The fraction of sp³-hybridized carbons (Fsp3) is 0. The molecule has 0 unspecified atom stereocenters. The minimum atomic E-state index is 0.861. The van der Waals surface area contributed by atoms with E-state index in [4.69, 9.17) is 9.47 Å². The van der Waals surface area contributed by atoms with Crippen LogP contribution in [0.2, 0.25) is 0 Å². The lowest BCUT2D eigenvalue weighted by Gasteiger charge is -2.30. The van der Waals surface area contributed by atoms with Gasteiger partial charge in [-0.3, -0.25) is 0 Å².